The summed E-state index contributed by atoms with van der Waals surface area (Å²) in [5.41, 5.74) is -0.885. The minimum Gasteiger partial charge on any atom is -0.326 e. The maximum absolute atomic E-state index is 12.5. The van der Waals surface area contributed by atoms with Crippen LogP contribution in [0.2, 0.25) is 0 Å². The summed E-state index contributed by atoms with van der Waals surface area (Å²) in [5, 5.41) is 21.9. The van der Waals surface area contributed by atoms with Gasteiger partial charge >= 0.3 is 0 Å². The summed E-state index contributed by atoms with van der Waals surface area (Å²) < 4.78 is 1.71. The van der Waals surface area contributed by atoms with Crippen molar-refractivity contribution >= 4 is 17.7 Å². The van der Waals surface area contributed by atoms with E-state index in [2.05, 4.69) is 21.6 Å². The summed E-state index contributed by atoms with van der Waals surface area (Å²) in [5.74, 6) is 0.179. The number of carbonyl (C=O) groups excluding carboxylic acids is 1. The molecule has 0 N–H and O–H groups in total. The molecular formula is C15H24N6OS. The summed E-state index contributed by atoms with van der Waals surface area (Å²) in [6.07, 6.45) is 4.66. The second kappa shape index (κ2) is 6.87. The number of tetrazole rings is 1. The van der Waals surface area contributed by atoms with Crippen molar-refractivity contribution in [2.45, 2.75) is 69.1 Å². The highest BCUT2D eigenvalue weighted by Crippen LogP contribution is 2.33. The zero-order chi connectivity index (χ0) is 17.1. The number of amides is 1. The lowest BCUT2D eigenvalue weighted by Gasteiger charge is -2.39. The smallest absolute Gasteiger partial charge is 0.234 e. The van der Waals surface area contributed by atoms with Gasteiger partial charge in [0.25, 0.3) is 0 Å². The average Bonchev–Trinajstić information content (AvgIpc) is 3.01. The first-order chi connectivity index (χ1) is 10.8. The van der Waals surface area contributed by atoms with E-state index < -0.39 is 5.54 Å². The Morgan fingerprint density at radius 1 is 1.39 bits per heavy atom. The van der Waals surface area contributed by atoms with E-state index >= 15 is 0 Å². The predicted octanol–water partition coefficient (Wildman–Crippen LogP) is 2.21. The Morgan fingerprint density at radius 3 is 2.61 bits per heavy atom. The molecule has 0 saturated heterocycles. The molecule has 1 aromatic rings. The second-order valence-electron chi connectivity index (χ2n) is 6.99. The molecule has 2 rings (SSSR count). The van der Waals surface area contributed by atoms with Crippen molar-refractivity contribution < 1.29 is 4.79 Å². The third kappa shape index (κ3) is 3.83. The number of carbonyl (C=O) groups is 1. The first-order valence-corrected chi connectivity index (χ1v) is 8.88. The van der Waals surface area contributed by atoms with Crippen LogP contribution in [0, 0.1) is 11.3 Å². The van der Waals surface area contributed by atoms with Crippen LogP contribution in [-0.2, 0) is 10.3 Å². The molecule has 1 fully saturated rings. The molecule has 0 unspecified atom stereocenters. The normalized spacial score (nSPS) is 17.5. The molecule has 8 heteroatoms. The molecule has 1 heterocycles. The Hall–Kier alpha value is -1.62. The van der Waals surface area contributed by atoms with Crippen LogP contribution in [0.25, 0.3) is 0 Å². The Bertz CT molecular complexity index is 594. The van der Waals surface area contributed by atoms with Crippen LogP contribution in [-0.4, -0.2) is 49.4 Å². The quantitative estimate of drug-likeness (QED) is 0.783. The number of rotatable bonds is 4. The molecule has 7 nitrogen and oxygen atoms in total. The molecule has 0 radical (unpaired) electrons. The summed E-state index contributed by atoms with van der Waals surface area (Å²) in [6.45, 7) is 6.02. The monoisotopic (exact) mass is 336 g/mol. The van der Waals surface area contributed by atoms with Crippen LogP contribution < -0.4 is 0 Å². The Kier molecular flexibility index (Phi) is 5.30. The van der Waals surface area contributed by atoms with Gasteiger partial charge < -0.3 is 4.90 Å². The molecule has 0 spiro atoms. The molecule has 0 aromatic carbocycles. The van der Waals surface area contributed by atoms with Gasteiger partial charge in [-0.25, -0.2) is 4.68 Å². The molecule has 1 aromatic heterocycles. The van der Waals surface area contributed by atoms with Crippen molar-refractivity contribution in [2.24, 2.45) is 0 Å². The van der Waals surface area contributed by atoms with Crippen LogP contribution in [0.1, 0.15) is 52.9 Å². The van der Waals surface area contributed by atoms with Gasteiger partial charge in [0.05, 0.1) is 17.4 Å². The van der Waals surface area contributed by atoms with Gasteiger partial charge in [0.1, 0.15) is 5.54 Å². The molecule has 1 saturated carbocycles. The van der Waals surface area contributed by atoms with Gasteiger partial charge in [0.2, 0.25) is 11.1 Å². The van der Waals surface area contributed by atoms with Crippen LogP contribution in [0.15, 0.2) is 5.16 Å². The molecule has 1 aliphatic rings. The molecule has 126 valence electrons. The van der Waals surface area contributed by atoms with E-state index in [0.29, 0.717) is 5.16 Å². The highest BCUT2D eigenvalue weighted by Gasteiger charge is 2.38. The average molecular weight is 336 g/mol. The zero-order valence-electron chi connectivity index (χ0n) is 14.2. The zero-order valence-corrected chi connectivity index (χ0v) is 15.1. The minimum atomic E-state index is -0.647. The summed E-state index contributed by atoms with van der Waals surface area (Å²) in [4.78, 5) is 14.2. The molecule has 0 aliphatic heterocycles. The van der Waals surface area contributed by atoms with E-state index in [9.17, 15) is 10.1 Å². The number of nitriles is 1. The SMILES string of the molecule is CN(C(=O)CSc1nnnn1C(C)(C)C)C1(C#N)CCCCC1. The number of aromatic nitrogens is 4. The van der Waals surface area contributed by atoms with Crippen molar-refractivity contribution in [3.63, 3.8) is 0 Å². The van der Waals surface area contributed by atoms with Gasteiger partial charge in [-0.05, 0) is 44.0 Å². The fourth-order valence-electron chi connectivity index (χ4n) is 2.81. The number of thioether (sulfide) groups is 1. The second-order valence-corrected chi connectivity index (χ2v) is 7.93. The Morgan fingerprint density at radius 2 is 2.04 bits per heavy atom. The minimum absolute atomic E-state index is 0.0538. The molecule has 1 amide bonds. The lowest BCUT2D eigenvalue weighted by molar-refractivity contribution is -0.131. The van der Waals surface area contributed by atoms with Crippen LogP contribution in [0.5, 0.6) is 0 Å². The third-order valence-electron chi connectivity index (χ3n) is 4.31. The van der Waals surface area contributed by atoms with Crippen LogP contribution >= 0.6 is 11.8 Å². The first-order valence-electron chi connectivity index (χ1n) is 7.90. The van der Waals surface area contributed by atoms with Crippen LogP contribution in [0.3, 0.4) is 0 Å². The van der Waals surface area contributed by atoms with Crippen LogP contribution in [0.4, 0.5) is 0 Å². The summed E-state index contributed by atoms with van der Waals surface area (Å²) >= 11 is 1.32. The maximum atomic E-state index is 12.5. The van der Waals surface area contributed by atoms with Gasteiger partial charge in [-0.1, -0.05) is 31.0 Å². The third-order valence-corrected chi connectivity index (χ3v) is 5.21. The molecule has 0 bridgehead atoms. The number of nitrogens with zero attached hydrogens (tertiary/aromatic N) is 6. The molecule has 0 atom stereocenters. The Balaban J connectivity index is 2.02. The summed E-state index contributed by atoms with van der Waals surface area (Å²) in [7, 11) is 1.74. The first kappa shape index (κ1) is 17.7. The lowest BCUT2D eigenvalue weighted by Crippen LogP contribution is -2.50. The van der Waals surface area contributed by atoms with E-state index in [-0.39, 0.29) is 17.2 Å². The van der Waals surface area contributed by atoms with E-state index in [1.165, 1.54) is 11.8 Å². The highest BCUT2D eigenvalue weighted by molar-refractivity contribution is 7.99. The number of hydrogen-bond acceptors (Lipinski definition) is 6. The highest BCUT2D eigenvalue weighted by atomic mass is 32.2. The van der Waals surface area contributed by atoms with E-state index in [1.54, 1.807) is 16.6 Å². The standard InChI is InChI=1S/C15H24N6OS/c1-14(2,3)21-13(17-18-19-21)23-10-12(22)20(4)15(11-16)8-6-5-7-9-15/h5-10H2,1-4H3. The van der Waals surface area contributed by atoms with E-state index in [4.69, 9.17) is 0 Å². The van der Waals surface area contributed by atoms with Gasteiger partial charge in [-0.15, -0.1) is 5.10 Å². The van der Waals surface area contributed by atoms with Gasteiger partial charge in [-0.3, -0.25) is 4.79 Å². The van der Waals surface area contributed by atoms with Crippen molar-refractivity contribution in [2.75, 3.05) is 12.8 Å². The van der Waals surface area contributed by atoms with Crippen molar-refractivity contribution in [3.8, 4) is 6.07 Å². The van der Waals surface area contributed by atoms with E-state index in [1.807, 2.05) is 20.8 Å². The lowest BCUT2D eigenvalue weighted by atomic mass is 9.81. The Labute approximate surface area is 141 Å². The fourth-order valence-corrected chi connectivity index (χ4v) is 3.78. The van der Waals surface area contributed by atoms with E-state index in [0.717, 1.165) is 32.1 Å². The van der Waals surface area contributed by atoms with Gasteiger partial charge in [-0.2, -0.15) is 5.26 Å². The van der Waals surface area contributed by atoms with Crippen molar-refractivity contribution in [3.05, 3.63) is 0 Å². The maximum Gasteiger partial charge on any atom is 0.234 e. The van der Waals surface area contributed by atoms with Gasteiger partial charge in [0, 0.05) is 7.05 Å². The van der Waals surface area contributed by atoms with Gasteiger partial charge in [0.15, 0.2) is 0 Å². The molecular weight excluding hydrogens is 312 g/mol. The number of hydrogen-bond donors (Lipinski definition) is 0. The molecule has 1 aliphatic carbocycles. The topological polar surface area (TPSA) is 87.7 Å². The van der Waals surface area contributed by atoms with Crippen molar-refractivity contribution in [1.82, 2.24) is 25.1 Å². The molecule has 23 heavy (non-hydrogen) atoms. The van der Waals surface area contributed by atoms with Crippen molar-refractivity contribution in [1.29, 1.82) is 5.26 Å². The largest absolute Gasteiger partial charge is 0.326 e. The fraction of sp³-hybridized carbons (Fsp3) is 0.800. The summed E-state index contributed by atoms with van der Waals surface area (Å²) in [6, 6.07) is 2.38. The predicted molar refractivity (Wildman–Crippen MR) is 87.7 cm³/mol.